The monoisotopic (exact) mass is 241 g/mol. The Balaban J connectivity index is 3.32. The molecule has 1 nitrogen and oxygen atoms in total. The summed E-state index contributed by atoms with van der Waals surface area (Å²) in [5.74, 6) is 0. The van der Waals surface area contributed by atoms with Crippen molar-refractivity contribution < 1.29 is 0 Å². The third kappa shape index (κ3) is 2.31. The van der Waals surface area contributed by atoms with E-state index in [1.54, 1.807) is 0 Å². The van der Waals surface area contributed by atoms with E-state index in [9.17, 15) is 0 Å². The molecule has 0 amide bonds. The van der Waals surface area contributed by atoms with E-state index in [4.69, 9.17) is 0 Å². The Hall–Kier alpha value is -0.370. The summed E-state index contributed by atoms with van der Waals surface area (Å²) in [7, 11) is 0. The van der Waals surface area contributed by atoms with Gasteiger partial charge in [0.1, 0.15) is 0 Å². The largest absolute Gasteiger partial charge is 0.256 e. The van der Waals surface area contributed by atoms with Crippen LogP contribution in [0.5, 0.6) is 0 Å². The van der Waals surface area contributed by atoms with Crippen LogP contribution in [0.3, 0.4) is 0 Å². The number of hydrogen-bond acceptors (Lipinski definition) is 1. The van der Waals surface area contributed by atoms with Crippen molar-refractivity contribution >= 4 is 15.9 Å². The summed E-state index contributed by atoms with van der Waals surface area (Å²) in [4.78, 5) is 4.60. The van der Waals surface area contributed by atoms with E-state index in [-0.39, 0.29) is 5.41 Å². The van der Waals surface area contributed by atoms with Gasteiger partial charge in [0.2, 0.25) is 0 Å². The summed E-state index contributed by atoms with van der Waals surface area (Å²) in [5, 5.41) is 0. The van der Waals surface area contributed by atoms with Crippen molar-refractivity contribution in [1.82, 2.24) is 4.98 Å². The Bertz CT molecular complexity index is 324. The highest BCUT2D eigenvalue weighted by Crippen LogP contribution is 2.26. The second-order valence-electron chi connectivity index (χ2n) is 4.47. The lowest BCUT2D eigenvalue weighted by atomic mass is 9.88. The molecule has 1 rings (SSSR count). The van der Waals surface area contributed by atoms with Gasteiger partial charge in [-0.2, -0.15) is 0 Å². The van der Waals surface area contributed by atoms with Crippen molar-refractivity contribution in [1.29, 1.82) is 0 Å². The number of aryl methyl sites for hydroxylation is 2. The molecular weight excluding hydrogens is 226 g/mol. The van der Waals surface area contributed by atoms with Gasteiger partial charge < -0.3 is 0 Å². The molecule has 13 heavy (non-hydrogen) atoms. The van der Waals surface area contributed by atoms with Gasteiger partial charge in [0.05, 0.1) is 5.69 Å². The first kappa shape index (κ1) is 10.7. The normalized spacial score (nSPS) is 11.8. The third-order valence-corrected chi connectivity index (χ3v) is 2.86. The van der Waals surface area contributed by atoms with Crippen LogP contribution in [-0.2, 0) is 5.41 Å². The van der Waals surface area contributed by atoms with E-state index < -0.39 is 0 Å². The highest BCUT2D eigenvalue weighted by Gasteiger charge is 2.18. The van der Waals surface area contributed by atoms with Gasteiger partial charge in [-0.15, -0.1) is 0 Å². The molecule has 0 bridgehead atoms. The first-order valence-corrected chi connectivity index (χ1v) is 5.26. The van der Waals surface area contributed by atoms with Crippen molar-refractivity contribution in [3.05, 3.63) is 27.5 Å². The molecule has 0 aliphatic carbocycles. The quantitative estimate of drug-likeness (QED) is 0.675. The van der Waals surface area contributed by atoms with Gasteiger partial charge in [-0.3, -0.25) is 4.98 Å². The lowest BCUT2D eigenvalue weighted by Crippen LogP contribution is -2.16. The third-order valence-electron chi connectivity index (χ3n) is 2.05. The fraction of sp³-hybridized carbons (Fsp3) is 0.545. The summed E-state index contributed by atoms with van der Waals surface area (Å²) < 4.78 is 1.10. The van der Waals surface area contributed by atoms with Crippen LogP contribution >= 0.6 is 15.9 Å². The Kier molecular flexibility index (Phi) is 2.81. The number of nitrogens with zero attached hydrogens (tertiary/aromatic N) is 1. The minimum atomic E-state index is 0.134. The second kappa shape index (κ2) is 3.41. The molecule has 0 aliphatic rings. The summed E-state index contributed by atoms with van der Waals surface area (Å²) in [6.07, 6.45) is 0. The molecule has 1 aromatic heterocycles. The first-order chi connectivity index (χ1) is 5.82. The number of rotatable bonds is 0. The number of pyridine rings is 1. The Morgan fingerprint density at radius 2 is 1.77 bits per heavy atom. The Morgan fingerprint density at radius 3 is 2.23 bits per heavy atom. The molecule has 0 N–H and O–H groups in total. The molecular formula is C11H16BrN. The summed E-state index contributed by atoms with van der Waals surface area (Å²) in [6, 6.07) is 2.14. The molecule has 0 fully saturated rings. The minimum absolute atomic E-state index is 0.134. The maximum absolute atomic E-state index is 4.60. The van der Waals surface area contributed by atoms with Crippen LogP contribution in [-0.4, -0.2) is 4.98 Å². The number of hydrogen-bond donors (Lipinski definition) is 0. The van der Waals surface area contributed by atoms with Crippen LogP contribution in [0.2, 0.25) is 0 Å². The molecule has 1 aromatic rings. The highest BCUT2D eigenvalue weighted by atomic mass is 79.9. The molecule has 0 unspecified atom stereocenters. The number of halogens is 1. The second-order valence-corrected chi connectivity index (χ2v) is 5.33. The highest BCUT2D eigenvalue weighted by molar-refractivity contribution is 9.10. The van der Waals surface area contributed by atoms with Crippen LogP contribution in [0.1, 0.15) is 37.7 Å². The first-order valence-electron chi connectivity index (χ1n) is 4.46. The fourth-order valence-electron chi connectivity index (χ4n) is 1.43. The molecule has 0 spiro atoms. The van der Waals surface area contributed by atoms with Gasteiger partial charge in [0.15, 0.2) is 0 Å². The number of aromatic nitrogens is 1. The maximum Gasteiger partial charge on any atom is 0.0518 e. The molecule has 0 aromatic carbocycles. The molecule has 0 atom stereocenters. The molecule has 2 heteroatoms. The summed E-state index contributed by atoms with van der Waals surface area (Å²) in [6.45, 7) is 10.7. The average Bonchev–Trinajstić information content (AvgIpc) is 1.94. The van der Waals surface area contributed by atoms with Gasteiger partial charge in [-0.1, -0.05) is 20.8 Å². The molecule has 1 heterocycles. The van der Waals surface area contributed by atoms with E-state index in [0.717, 1.165) is 10.2 Å². The van der Waals surface area contributed by atoms with Gasteiger partial charge in [-0.05, 0) is 41.4 Å². The lowest BCUT2D eigenvalue weighted by Gasteiger charge is -2.21. The predicted molar refractivity (Wildman–Crippen MR) is 60.1 cm³/mol. The minimum Gasteiger partial charge on any atom is -0.256 e. The van der Waals surface area contributed by atoms with Crippen molar-refractivity contribution in [2.24, 2.45) is 0 Å². The van der Waals surface area contributed by atoms with Crippen molar-refractivity contribution in [3.8, 4) is 0 Å². The van der Waals surface area contributed by atoms with E-state index in [1.807, 2.05) is 6.92 Å². The summed E-state index contributed by atoms with van der Waals surface area (Å²) in [5.41, 5.74) is 3.64. The van der Waals surface area contributed by atoms with Crippen molar-refractivity contribution in [2.75, 3.05) is 0 Å². The van der Waals surface area contributed by atoms with Crippen molar-refractivity contribution in [2.45, 2.75) is 40.0 Å². The van der Waals surface area contributed by atoms with Crippen LogP contribution < -0.4 is 0 Å². The van der Waals surface area contributed by atoms with Crippen molar-refractivity contribution in [3.63, 3.8) is 0 Å². The smallest absolute Gasteiger partial charge is 0.0518 e. The van der Waals surface area contributed by atoms with E-state index >= 15 is 0 Å². The van der Waals surface area contributed by atoms with Gasteiger partial charge in [-0.25, -0.2) is 0 Å². The average molecular weight is 242 g/mol. The van der Waals surface area contributed by atoms with E-state index in [0.29, 0.717) is 0 Å². The van der Waals surface area contributed by atoms with Crippen LogP contribution in [0.25, 0.3) is 0 Å². The zero-order chi connectivity index (χ0) is 10.2. The van der Waals surface area contributed by atoms with E-state index in [2.05, 4.69) is 54.7 Å². The standard InChI is InChI=1S/C11H16BrN/c1-7-6-9(12)8(2)13-10(7)11(3,4)5/h6H,1-5H3. The van der Waals surface area contributed by atoms with Gasteiger partial charge >= 0.3 is 0 Å². The molecule has 0 saturated carbocycles. The zero-order valence-corrected chi connectivity index (χ0v) is 10.5. The van der Waals surface area contributed by atoms with Crippen LogP contribution in [0.4, 0.5) is 0 Å². The molecule has 0 aliphatic heterocycles. The van der Waals surface area contributed by atoms with Gasteiger partial charge in [0, 0.05) is 15.6 Å². The summed E-state index contributed by atoms with van der Waals surface area (Å²) >= 11 is 3.48. The molecule has 0 saturated heterocycles. The lowest BCUT2D eigenvalue weighted by molar-refractivity contribution is 0.562. The van der Waals surface area contributed by atoms with E-state index in [1.165, 1.54) is 11.3 Å². The molecule has 72 valence electrons. The van der Waals surface area contributed by atoms with Crippen LogP contribution in [0.15, 0.2) is 10.5 Å². The van der Waals surface area contributed by atoms with Crippen LogP contribution in [0, 0.1) is 13.8 Å². The topological polar surface area (TPSA) is 12.9 Å². The zero-order valence-electron chi connectivity index (χ0n) is 8.90. The fourth-order valence-corrected chi connectivity index (χ4v) is 1.86. The SMILES string of the molecule is Cc1cc(Br)c(C)nc1C(C)(C)C. The maximum atomic E-state index is 4.60. The Morgan fingerprint density at radius 1 is 1.23 bits per heavy atom. The Labute approximate surface area is 88.7 Å². The molecule has 0 radical (unpaired) electrons. The van der Waals surface area contributed by atoms with Gasteiger partial charge in [0.25, 0.3) is 0 Å². The predicted octanol–water partition coefficient (Wildman–Crippen LogP) is 3.76.